The molecule has 1 aromatic heterocycles. The van der Waals surface area contributed by atoms with Crippen molar-refractivity contribution in [2.75, 3.05) is 5.73 Å². The standard InChI is InChI=1S/C15H11F3N2O/c16-15(17,18)14-10(4-2-8-20-14)12-7-6-9-3-1-5-11(19)13(9)21-12/h1-5,7-8H,6,19H2. The summed E-state index contributed by atoms with van der Waals surface area (Å²) >= 11 is 0. The number of ether oxygens (including phenoxy) is 1. The van der Waals surface area contributed by atoms with E-state index in [1.165, 1.54) is 12.1 Å². The second kappa shape index (κ2) is 4.80. The number of fused-ring (bicyclic) bond motifs is 1. The van der Waals surface area contributed by atoms with Crippen molar-refractivity contribution < 1.29 is 17.9 Å². The number of hydrogen-bond donors (Lipinski definition) is 1. The van der Waals surface area contributed by atoms with Gasteiger partial charge in [-0.2, -0.15) is 13.2 Å². The number of nitrogens with two attached hydrogens (primary N) is 1. The summed E-state index contributed by atoms with van der Waals surface area (Å²) in [7, 11) is 0. The van der Waals surface area contributed by atoms with Crippen molar-refractivity contribution in [3.05, 3.63) is 59.4 Å². The Labute approximate surface area is 118 Å². The third-order valence-corrected chi connectivity index (χ3v) is 3.19. The maximum atomic E-state index is 13.0. The highest BCUT2D eigenvalue weighted by Gasteiger charge is 2.36. The number of nitrogens with zero attached hydrogens (tertiary/aromatic N) is 1. The van der Waals surface area contributed by atoms with Crippen LogP contribution in [0.4, 0.5) is 18.9 Å². The van der Waals surface area contributed by atoms with Gasteiger partial charge >= 0.3 is 6.18 Å². The van der Waals surface area contributed by atoms with E-state index >= 15 is 0 Å². The number of nitrogen functional groups attached to an aromatic ring is 1. The van der Waals surface area contributed by atoms with Gasteiger partial charge in [0.25, 0.3) is 0 Å². The predicted molar refractivity (Wildman–Crippen MR) is 72.4 cm³/mol. The second-order valence-electron chi connectivity index (χ2n) is 4.61. The Kier molecular flexibility index (Phi) is 3.08. The van der Waals surface area contributed by atoms with Crippen LogP contribution in [0, 0.1) is 0 Å². The molecule has 0 radical (unpaired) electrons. The van der Waals surface area contributed by atoms with Crippen LogP contribution in [-0.2, 0) is 12.6 Å². The highest BCUT2D eigenvalue weighted by Crippen LogP contribution is 2.38. The zero-order valence-corrected chi connectivity index (χ0v) is 10.8. The number of hydrogen-bond acceptors (Lipinski definition) is 3. The lowest BCUT2D eigenvalue weighted by Crippen LogP contribution is -2.14. The molecule has 3 rings (SSSR count). The smallest absolute Gasteiger partial charge is 0.434 e. The van der Waals surface area contributed by atoms with Crippen LogP contribution in [0.3, 0.4) is 0 Å². The Balaban J connectivity index is 2.05. The van der Waals surface area contributed by atoms with Gasteiger partial charge in [-0.05, 0) is 30.7 Å². The number of allylic oxidation sites excluding steroid dienone is 1. The van der Waals surface area contributed by atoms with Crippen LogP contribution in [0.2, 0.25) is 0 Å². The summed E-state index contributed by atoms with van der Waals surface area (Å²) in [5.74, 6) is 0.535. The average Bonchev–Trinajstić information content (AvgIpc) is 2.46. The molecule has 0 saturated carbocycles. The minimum absolute atomic E-state index is 0.0843. The van der Waals surface area contributed by atoms with Gasteiger partial charge in [-0.1, -0.05) is 12.1 Å². The first-order chi connectivity index (χ1) is 9.97. The summed E-state index contributed by atoms with van der Waals surface area (Å²) in [6.45, 7) is 0. The highest BCUT2D eigenvalue weighted by atomic mass is 19.4. The van der Waals surface area contributed by atoms with Crippen molar-refractivity contribution in [3.63, 3.8) is 0 Å². The molecule has 0 unspecified atom stereocenters. The molecule has 3 nitrogen and oxygen atoms in total. The number of aromatic nitrogens is 1. The Morgan fingerprint density at radius 2 is 1.95 bits per heavy atom. The van der Waals surface area contributed by atoms with E-state index in [9.17, 15) is 13.2 Å². The Morgan fingerprint density at radius 1 is 1.14 bits per heavy atom. The number of alkyl halides is 3. The normalized spacial score (nSPS) is 14.1. The molecule has 0 spiro atoms. The van der Waals surface area contributed by atoms with Gasteiger partial charge in [-0.25, -0.2) is 0 Å². The molecule has 0 saturated heterocycles. The number of rotatable bonds is 1. The average molecular weight is 292 g/mol. The molecule has 2 N–H and O–H groups in total. The first kappa shape index (κ1) is 13.5. The van der Waals surface area contributed by atoms with Gasteiger partial charge in [0.1, 0.15) is 5.76 Å². The summed E-state index contributed by atoms with van der Waals surface area (Å²) < 4.78 is 44.6. The van der Waals surface area contributed by atoms with Crippen LogP contribution in [0.5, 0.6) is 5.75 Å². The zero-order chi connectivity index (χ0) is 15.0. The van der Waals surface area contributed by atoms with Crippen LogP contribution in [0.15, 0.2) is 42.6 Å². The van der Waals surface area contributed by atoms with Crippen LogP contribution >= 0.6 is 0 Å². The monoisotopic (exact) mass is 292 g/mol. The van der Waals surface area contributed by atoms with Gasteiger partial charge in [0, 0.05) is 17.3 Å². The van der Waals surface area contributed by atoms with Gasteiger partial charge in [0.15, 0.2) is 11.4 Å². The first-order valence-corrected chi connectivity index (χ1v) is 6.25. The number of anilines is 1. The number of pyridine rings is 1. The van der Waals surface area contributed by atoms with Crippen LogP contribution in [-0.4, -0.2) is 4.98 Å². The SMILES string of the molecule is Nc1cccc2c1OC(c1cccnc1C(F)(F)F)=CC2. The largest absolute Gasteiger partial charge is 0.455 e. The van der Waals surface area contributed by atoms with E-state index in [1.807, 2.05) is 6.07 Å². The van der Waals surface area contributed by atoms with E-state index in [0.29, 0.717) is 17.9 Å². The molecule has 0 fully saturated rings. The molecule has 0 amide bonds. The van der Waals surface area contributed by atoms with Gasteiger partial charge in [-0.3, -0.25) is 4.98 Å². The molecule has 1 aliphatic rings. The van der Waals surface area contributed by atoms with Crippen molar-refractivity contribution in [2.45, 2.75) is 12.6 Å². The molecule has 21 heavy (non-hydrogen) atoms. The summed E-state index contributed by atoms with van der Waals surface area (Å²) in [4.78, 5) is 3.43. The molecular weight excluding hydrogens is 281 g/mol. The van der Waals surface area contributed by atoms with Crippen molar-refractivity contribution in [2.24, 2.45) is 0 Å². The van der Waals surface area contributed by atoms with Gasteiger partial charge < -0.3 is 10.5 Å². The molecule has 108 valence electrons. The van der Waals surface area contributed by atoms with E-state index in [-0.39, 0.29) is 11.3 Å². The Morgan fingerprint density at radius 3 is 2.71 bits per heavy atom. The lowest BCUT2D eigenvalue weighted by atomic mass is 10.0. The second-order valence-corrected chi connectivity index (χ2v) is 4.61. The fourth-order valence-electron chi connectivity index (χ4n) is 2.24. The van der Waals surface area contributed by atoms with E-state index in [0.717, 1.165) is 11.8 Å². The lowest BCUT2D eigenvalue weighted by Gasteiger charge is -2.21. The molecule has 0 atom stereocenters. The number of para-hydroxylation sites is 1. The molecule has 0 aliphatic carbocycles. The number of halogens is 3. The van der Waals surface area contributed by atoms with Crippen LogP contribution in [0.1, 0.15) is 16.8 Å². The third-order valence-electron chi connectivity index (χ3n) is 3.19. The summed E-state index contributed by atoms with van der Waals surface area (Å²) in [5.41, 5.74) is 6.01. The van der Waals surface area contributed by atoms with Crippen molar-refractivity contribution in [1.29, 1.82) is 0 Å². The Hall–Kier alpha value is -2.50. The zero-order valence-electron chi connectivity index (χ0n) is 10.8. The van der Waals surface area contributed by atoms with E-state index in [1.54, 1.807) is 18.2 Å². The van der Waals surface area contributed by atoms with Crippen molar-refractivity contribution in [3.8, 4) is 5.75 Å². The first-order valence-electron chi connectivity index (χ1n) is 6.25. The summed E-state index contributed by atoms with van der Waals surface area (Å²) in [6.07, 6.45) is -1.36. The van der Waals surface area contributed by atoms with E-state index in [2.05, 4.69) is 4.98 Å². The van der Waals surface area contributed by atoms with Gasteiger partial charge in [-0.15, -0.1) is 0 Å². The molecule has 2 heterocycles. The van der Waals surface area contributed by atoms with Crippen LogP contribution < -0.4 is 10.5 Å². The predicted octanol–water partition coefficient (Wildman–Crippen LogP) is 3.66. The molecule has 1 aliphatic heterocycles. The van der Waals surface area contributed by atoms with Crippen LogP contribution in [0.25, 0.3) is 5.76 Å². The van der Waals surface area contributed by atoms with Crippen molar-refractivity contribution >= 4 is 11.4 Å². The minimum Gasteiger partial charge on any atom is -0.455 e. The highest BCUT2D eigenvalue weighted by molar-refractivity contribution is 5.71. The topological polar surface area (TPSA) is 48.1 Å². The van der Waals surface area contributed by atoms with Gasteiger partial charge in [0.05, 0.1) is 5.69 Å². The summed E-state index contributed by atoms with van der Waals surface area (Å²) in [6, 6.07) is 8.04. The molecular formula is C15H11F3N2O. The number of benzene rings is 1. The molecule has 0 bridgehead atoms. The minimum atomic E-state index is -4.54. The maximum Gasteiger partial charge on any atom is 0.434 e. The fourth-order valence-corrected chi connectivity index (χ4v) is 2.24. The van der Waals surface area contributed by atoms with Crippen molar-refractivity contribution in [1.82, 2.24) is 4.98 Å². The fraction of sp³-hybridized carbons (Fsp3) is 0.133. The molecule has 1 aromatic carbocycles. The van der Waals surface area contributed by atoms with E-state index in [4.69, 9.17) is 10.5 Å². The third kappa shape index (κ3) is 2.44. The Bertz CT molecular complexity index is 723. The molecule has 6 heteroatoms. The van der Waals surface area contributed by atoms with E-state index < -0.39 is 11.9 Å². The van der Waals surface area contributed by atoms with Gasteiger partial charge in [0.2, 0.25) is 0 Å². The lowest BCUT2D eigenvalue weighted by molar-refractivity contribution is -0.141. The quantitative estimate of drug-likeness (QED) is 0.816. The summed E-state index contributed by atoms with van der Waals surface area (Å²) in [5, 5.41) is 0. The molecule has 2 aromatic rings. The maximum absolute atomic E-state index is 13.0.